The van der Waals surface area contributed by atoms with Crippen molar-refractivity contribution in [3.8, 4) is 0 Å². The van der Waals surface area contributed by atoms with Crippen LogP contribution >= 0.6 is 23.2 Å². The van der Waals surface area contributed by atoms with Crippen LogP contribution < -0.4 is 0 Å². The van der Waals surface area contributed by atoms with Gasteiger partial charge >= 0.3 is 11.9 Å². The predicted molar refractivity (Wildman–Crippen MR) is 43.1 cm³/mol. The van der Waals surface area contributed by atoms with Gasteiger partial charge in [-0.1, -0.05) is 23.2 Å². The van der Waals surface area contributed by atoms with E-state index in [0.717, 1.165) is 12.2 Å². The molecule has 0 saturated heterocycles. The molecule has 0 fully saturated rings. The maximum atomic E-state index is 10.1. The Morgan fingerprint density at radius 1 is 0.917 bits per heavy atom. The first-order valence-corrected chi connectivity index (χ1v) is 3.40. The number of hydrogen-bond donors (Lipinski definition) is 2. The first-order chi connectivity index (χ1) is 5.45. The van der Waals surface area contributed by atoms with E-state index >= 15 is 0 Å². The minimum Gasteiger partial charge on any atom is -0.477 e. The molecule has 0 bridgehead atoms. The number of carbonyl (C=O) groups is 2. The van der Waals surface area contributed by atoms with E-state index in [1.807, 2.05) is 0 Å². The summed E-state index contributed by atoms with van der Waals surface area (Å²) >= 11 is 10.3. The fourth-order valence-corrected chi connectivity index (χ4v) is 0.415. The molecule has 0 aliphatic rings. The molecule has 4 nitrogen and oxygen atoms in total. The van der Waals surface area contributed by atoms with E-state index in [4.69, 9.17) is 33.4 Å². The van der Waals surface area contributed by atoms with Crippen molar-refractivity contribution in [1.29, 1.82) is 0 Å². The number of allylic oxidation sites excluding steroid dienone is 2. The first-order valence-electron chi connectivity index (χ1n) is 2.64. The van der Waals surface area contributed by atoms with Gasteiger partial charge in [0.25, 0.3) is 0 Å². The highest BCUT2D eigenvalue weighted by molar-refractivity contribution is 6.42. The summed E-state index contributed by atoms with van der Waals surface area (Å²) in [6, 6.07) is 0. The largest absolute Gasteiger partial charge is 0.477 e. The number of halogens is 2. The van der Waals surface area contributed by atoms with Crippen molar-refractivity contribution < 1.29 is 19.8 Å². The average molecular weight is 211 g/mol. The molecule has 0 aromatic rings. The van der Waals surface area contributed by atoms with Gasteiger partial charge in [0.05, 0.1) is 0 Å². The summed E-state index contributed by atoms with van der Waals surface area (Å²) in [4.78, 5) is 20.1. The number of aliphatic carboxylic acids is 2. The van der Waals surface area contributed by atoms with Crippen molar-refractivity contribution in [3.05, 3.63) is 22.2 Å². The standard InChI is InChI=1S/C6H4Cl2O4/c7-3(5(9)10)1-2-4(8)6(11)12/h1-2H,(H,9,10)(H,11,12)/b3-1-,4-2-. The number of hydrogen-bond acceptors (Lipinski definition) is 2. The fraction of sp³-hybridized carbons (Fsp3) is 0. The molecule has 0 rings (SSSR count). The lowest BCUT2D eigenvalue weighted by Gasteiger charge is -1.87. The smallest absolute Gasteiger partial charge is 0.347 e. The van der Waals surface area contributed by atoms with Gasteiger partial charge < -0.3 is 10.2 Å². The van der Waals surface area contributed by atoms with Crippen LogP contribution in [0.25, 0.3) is 0 Å². The van der Waals surface area contributed by atoms with Crippen molar-refractivity contribution in [1.82, 2.24) is 0 Å². The summed E-state index contributed by atoms with van der Waals surface area (Å²) in [6.45, 7) is 0. The monoisotopic (exact) mass is 210 g/mol. The Labute approximate surface area is 77.7 Å². The second-order valence-corrected chi connectivity index (χ2v) is 2.45. The van der Waals surface area contributed by atoms with E-state index in [-0.39, 0.29) is 0 Å². The topological polar surface area (TPSA) is 74.6 Å². The van der Waals surface area contributed by atoms with Crippen LogP contribution in [0.2, 0.25) is 0 Å². The highest BCUT2D eigenvalue weighted by Gasteiger charge is 2.03. The zero-order valence-electron chi connectivity index (χ0n) is 5.62. The Hall–Kier alpha value is -1.00. The minimum atomic E-state index is -1.34. The van der Waals surface area contributed by atoms with Gasteiger partial charge in [-0.15, -0.1) is 0 Å². The van der Waals surface area contributed by atoms with Crippen LogP contribution in [0.5, 0.6) is 0 Å². The third-order valence-electron chi connectivity index (χ3n) is 0.785. The Bertz CT molecular complexity index is 239. The van der Waals surface area contributed by atoms with Crippen molar-refractivity contribution in [2.24, 2.45) is 0 Å². The quantitative estimate of drug-likeness (QED) is 0.546. The molecular weight excluding hydrogens is 207 g/mol. The number of rotatable bonds is 3. The van der Waals surface area contributed by atoms with Crippen LogP contribution in [0.4, 0.5) is 0 Å². The van der Waals surface area contributed by atoms with Crippen molar-refractivity contribution in [3.63, 3.8) is 0 Å². The molecule has 0 aliphatic carbocycles. The molecule has 0 aromatic carbocycles. The van der Waals surface area contributed by atoms with Crippen LogP contribution in [-0.2, 0) is 9.59 Å². The molecule has 6 heteroatoms. The van der Waals surface area contributed by atoms with E-state index < -0.39 is 22.0 Å². The van der Waals surface area contributed by atoms with Gasteiger partial charge in [0.1, 0.15) is 10.1 Å². The third-order valence-corrected chi connectivity index (χ3v) is 1.36. The highest BCUT2D eigenvalue weighted by atomic mass is 35.5. The van der Waals surface area contributed by atoms with E-state index in [9.17, 15) is 9.59 Å². The normalized spacial score (nSPS) is 12.8. The van der Waals surface area contributed by atoms with E-state index in [1.54, 1.807) is 0 Å². The van der Waals surface area contributed by atoms with Gasteiger partial charge in [0.2, 0.25) is 0 Å². The molecule has 66 valence electrons. The summed E-state index contributed by atoms with van der Waals surface area (Å²) < 4.78 is 0. The van der Waals surface area contributed by atoms with Crippen LogP contribution in [-0.4, -0.2) is 22.2 Å². The molecule has 0 radical (unpaired) electrons. The van der Waals surface area contributed by atoms with Gasteiger partial charge in [0, 0.05) is 0 Å². The van der Waals surface area contributed by atoms with Crippen molar-refractivity contribution in [2.45, 2.75) is 0 Å². The second-order valence-electron chi connectivity index (χ2n) is 1.64. The predicted octanol–water partition coefficient (Wildman–Crippen LogP) is 1.40. The fourth-order valence-electron chi connectivity index (χ4n) is 0.289. The molecule has 0 heterocycles. The van der Waals surface area contributed by atoms with Crippen LogP contribution in [0.15, 0.2) is 22.2 Å². The molecular formula is C6H4Cl2O4. The Balaban J connectivity index is 4.48. The second kappa shape index (κ2) is 4.79. The molecule has 0 atom stereocenters. The zero-order valence-corrected chi connectivity index (χ0v) is 7.13. The maximum absolute atomic E-state index is 10.1. The van der Waals surface area contributed by atoms with E-state index in [2.05, 4.69) is 0 Å². The summed E-state index contributed by atoms with van der Waals surface area (Å²) in [5.41, 5.74) is 0. The molecule has 0 aromatic heterocycles. The number of carboxylic acids is 2. The maximum Gasteiger partial charge on any atom is 0.347 e. The Morgan fingerprint density at radius 3 is 1.33 bits per heavy atom. The first kappa shape index (κ1) is 11.0. The van der Waals surface area contributed by atoms with E-state index in [1.165, 1.54) is 0 Å². The van der Waals surface area contributed by atoms with Crippen LogP contribution in [0.1, 0.15) is 0 Å². The van der Waals surface area contributed by atoms with Gasteiger partial charge in [-0.2, -0.15) is 0 Å². The molecule has 0 unspecified atom stereocenters. The SMILES string of the molecule is O=C(O)/C(Cl)=C/C=C(\Cl)C(=O)O. The van der Waals surface area contributed by atoms with Crippen molar-refractivity contribution >= 4 is 35.1 Å². The van der Waals surface area contributed by atoms with Gasteiger partial charge in [0.15, 0.2) is 0 Å². The molecule has 12 heavy (non-hydrogen) atoms. The highest BCUT2D eigenvalue weighted by Crippen LogP contribution is 2.06. The minimum absolute atomic E-state index is 0.505. The van der Waals surface area contributed by atoms with Crippen molar-refractivity contribution in [2.75, 3.05) is 0 Å². The lowest BCUT2D eigenvalue weighted by molar-refractivity contribution is -0.133. The summed E-state index contributed by atoms with van der Waals surface area (Å²) in [6.07, 6.45) is 1.78. The van der Waals surface area contributed by atoms with Crippen LogP contribution in [0, 0.1) is 0 Å². The Kier molecular flexibility index (Phi) is 4.39. The lowest BCUT2D eigenvalue weighted by Crippen LogP contribution is -1.95. The van der Waals surface area contributed by atoms with Gasteiger partial charge in [-0.3, -0.25) is 0 Å². The van der Waals surface area contributed by atoms with Gasteiger partial charge in [-0.25, -0.2) is 9.59 Å². The van der Waals surface area contributed by atoms with Crippen LogP contribution in [0.3, 0.4) is 0 Å². The molecule has 2 N–H and O–H groups in total. The van der Waals surface area contributed by atoms with E-state index in [0.29, 0.717) is 0 Å². The third kappa shape index (κ3) is 4.00. The Morgan fingerprint density at radius 2 is 1.17 bits per heavy atom. The number of carboxylic acid groups (broad SMARTS) is 2. The zero-order chi connectivity index (χ0) is 9.72. The molecule has 0 saturated carbocycles. The summed E-state index contributed by atoms with van der Waals surface area (Å²) in [7, 11) is 0. The average Bonchev–Trinajstić information content (AvgIpc) is 1.98. The molecule has 0 spiro atoms. The summed E-state index contributed by atoms with van der Waals surface area (Å²) in [5, 5.41) is 15.4. The molecule has 0 amide bonds. The summed E-state index contributed by atoms with van der Waals surface area (Å²) in [5.74, 6) is -2.69. The molecule has 0 aliphatic heterocycles. The lowest BCUT2D eigenvalue weighted by atomic mass is 10.4. The van der Waals surface area contributed by atoms with Gasteiger partial charge in [-0.05, 0) is 12.2 Å².